The van der Waals surface area contributed by atoms with Crippen LogP contribution in [-0.2, 0) is 9.59 Å². The van der Waals surface area contributed by atoms with Gasteiger partial charge in [0.1, 0.15) is 0 Å². The fourth-order valence-electron chi connectivity index (χ4n) is 0.560. The molecule has 0 atom stereocenters. The molecule has 0 aromatic heterocycles. The lowest BCUT2D eigenvalue weighted by molar-refractivity contribution is -0.138. The quantitative estimate of drug-likeness (QED) is 0.567. The summed E-state index contributed by atoms with van der Waals surface area (Å²) in [7, 11) is 1.50. The molecule has 0 unspecified atom stereocenters. The Kier molecular flexibility index (Phi) is 4.63. The van der Waals surface area contributed by atoms with Crippen LogP contribution in [0.25, 0.3) is 0 Å². The van der Waals surface area contributed by atoms with Crippen LogP contribution < -0.4 is 0 Å². The van der Waals surface area contributed by atoms with Gasteiger partial charge in [-0.3, -0.25) is 4.79 Å². The summed E-state index contributed by atoms with van der Waals surface area (Å²) < 4.78 is 0. The number of rotatable bonds is 5. The molecule has 0 aromatic carbocycles. The van der Waals surface area contributed by atoms with Crippen molar-refractivity contribution in [1.29, 1.82) is 0 Å². The summed E-state index contributed by atoms with van der Waals surface area (Å²) in [5.74, 6) is -0.919. The second kappa shape index (κ2) is 5.03. The predicted molar refractivity (Wildman–Crippen MR) is 38.1 cm³/mol. The van der Waals surface area contributed by atoms with Crippen molar-refractivity contribution in [1.82, 2.24) is 0 Å². The van der Waals surface area contributed by atoms with E-state index in [0.29, 0.717) is 6.32 Å². The molecule has 0 aliphatic rings. The predicted octanol–water partition coefficient (Wildman–Crippen LogP) is 0.520. The first-order chi connectivity index (χ1) is 4.66. The lowest BCUT2D eigenvalue weighted by atomic mass is 9.69. The first-order valence-electron chi connectivity index (χ1n) is 3.24. The molecule has 0 heterocycles. The van der Waals surface area contributed by atoms with Crippen LogP contribution in [-0.4, -0.2) is 24.0 Å². The molecule has 3 nitrogen and oxygen atoms in total. The molecule has 0 saturated heterocycles. The monoisotopic (exact) mass is 141 g/mol. The first-order valence-corrected chi connectivity index (χ1v) is 3.24. The van der Waals surface area contributed by atoms with Crippen molar-refractivity contribution in [2.24, 2.45) is 0 Å². The van der Waals surface area contributed by atoms with Crippen LogP contribution in [0, 0.1) is 0 Å². The molecule has 0 saturated carbocycles. The Labute approximate surface area is 60.7 Å². The standard InChI is InChI=1S/C6H10BO3/c1-2-7-5(8)3-4-6(9)10/h2-4H2,1H3,(H,9,10). The number of carbonyl (C=O) groups is 2. The molecular formula is C6H10BO3. The zero-order valence-corrected chi connectivity index (χ0v) is 5.96. The molecule has 10 heavy (non-hydrogen) atoms. The molecule has 0 aliphatic heterocycles. The highest BCUT2D eigenvalue weighted by molar-refractivity contribution is 6.73. The van der Waals surface area contributed by atoms with Crippen LogP contribution in [0.4, 0.5) is 0 Å². The lowest BCUT2D eigenvalue weighted by Crippen LogP contribution is -2.09. The van der Waals surface area contributed by atoms with Crippen LogP contribution >= 0.6 is 0 Å². The van der Waals surface area contributed by atoms with E-state index in [9.17, 15) is 9.59 Å². The van der Waals surface area contributed by atoms with Crippen molar-refractivity contribution in [2.45, 2.75) is 26.1 Å². The molecule has 1 N–H and O–H groups in total. The normalized spacial score (nSPS) is 8.90. The highest BCUT2D eigenvalue weighted by Crippen LogP contribution is 1.90. The fourth-order valence-corrected chi connectivity index (χ4v) is 0.560. The van der Waals surface area contributed by atoms with E-state index in [4.69, 9.17) is 5.11 Å². The molecule has 0 spiro atoms. The van der Waals surface area contributed by atoms with Crippen LogP contribution in [0.3, 0.4) is 0 Å². The van der Waals surface area contributed by atoms with E-state index in [0.717, 1.165) is 0 Å². The zero-order chi connectivity index (χ0) is 7.98. The molecule has 0 aromatic rings. The van der Waals surface area contributed by atoms with Crippen LogP contribution in [0.1, 0.15) is 19.8 Å². The van der Waals surface area contributed by atoms with Crippen LogP contribution in [0.2, 0.25) is 6.32 Å². The molecule has 4 heteroatoms. The second-order valence-corrected chi connectivity index (χ2v) is 1.97. The van der Waals surface area contributed by atoms with Crippen LogP contribution in [0.5, 0.6) is 0 Å². The third-order valence-electron chi connectivity index (χ3n) is 1.02. The Morgan fingerprint density at radius 2 is 2.00 bits per heavy atom. The number of aliphatic carboxylic acids is 1. The summed E-state index contributed by atoms with van der Waals surface area (Å²) in [5, 5.41) is 8.16. The van der Waals surface area contributed by atoms with Gasteiger partial charge in [0.15, 0.2) is 0 Å². The molecule has 0 amide bonds. The SMILES string of the molecule is CC[B]C(=O)CCC(=O)O. The highest BCUT2D eigenvalue weighted by Gasteiger charge is 2.04. The number of hydrogen-bond donors (Lipinski definition) is 1. The van der Waals surface area contributed by atoms with Crippen molar-refractivity contribution in [2.75, 3.05) is 0 Å². The zero-order valence-electron chi connectivity index (χ0n) is 5.96. The minimum Gasteiger partial charge on any atom is -0.481 e. The van der Waals surface area contributed by atoms with Gasteiger partial charge in [-0.2, -0.15) is 0 Å². The minimum absolute atomic E-state index is 0.0602. The maximum Gasteiger partial charge on any atom is 0.303 e. The topological polar surface area (TPSA) is 54.4 Å². The molecule has 0 bridgehead atoms. The summed E-state index contributed by atoms with van der Waals surface area (Å²) in [6.07, 6.45) is 0.747. The van der Waals surface area contributed by atoms with E-state index in [1.165, 1.54) is 7.28 Å². The van der Waals surface area contributed by atoms with Gasteiger partial charge >= 0.3 is 5.97 Å². The van der Waals surface area contributed by atoms with Crippen molar-refractivity contribution in [3.63, 3.8) is 0 Å². The number of carbonyl (C=O) groups excluding carboxylic acids is 1. The van der Waals surface area contributed by atoms with Gasteiger partial charge in [0.25, 0.3) is 0 Å². The van der Waals surface area contributed by atoms with Crippen LogP contribution in [0.15, 0.2) is 0 Å². The van der Waals surface area contributed by atoms with Crippen molar-refractivity contribution in [3.8, 4) is 0 Å². The Bertz CT molecular complexity index is 133. The van der Waals surface area contributed by atoms with Gasteiger partial charge < -0.3 is 9.90 Å². The van der Waals surface area contributed by atoms with Gasteiger partial charge in [-0.25, -0.2) is 0 Å². The van der Waals surface area contributed by atoms with Gasteiger partial charge in [0.2, 0.25) is 7.28 Å². The maximum absolute atomic E-state index is 10.6. The lowest BCUT2D eigenvalue weighted by Gasteiger charge is -1.92. The van der Waals surface area contributed by atoms with E-state index in [1.54, 1.807) is 0 Å². The van der Waals surface area contributed by atoms with Gasteiger partial charge in [-0.1, -0.05) is 13.2 Å². The largest absolute Gasteiger partial charge is 0.481 e. The number of hydrogen-bond acceptors (Lipinski definition) is 2. The fraction of sp³-hybridized carbons (Fsp3) is 0.667. The minimum atomic E-state index is -0.919. The summed E-state index contributed by atoms with van der Waals surface area (Å²) in [4.78, 5) is 20.6. The smallest absolute Gasteiger partial charge is 0.303 e. The summed E-state index contributed by atoms with van der Waals surface area (Å²) in [6, 6.07) is 0. The Balaban J connectivity index is 3.30. The van der Waals surface area contributed by atoms with E-state index < -0.39 is 5.97 Å². The van der Waals surface area contributed by atoms with Gasteiger partial charge in [-0.05, 0) is 0 Å². The molecule has 0 fully saturated rings. The average molecular weight is 141 g/mol. The Hall–Kier alpha value is -0.795. The summed E-state index contributed by atoms with van der Waals surface area (Å²) >= 11 is 0. The van der Waals surface area contributed by atoms with E-state index >= 15 is 0 Å². The molecule has 0 aliphatic carbocycles. The first kappa shape index (κ1) is 9.20. The van der Waals surface area contributed by atoms with Gasteiger partial charge in [0, 0.05) is 6.42 Å². The molecule has 0 rings (SSSR count). The second-order valence-electron chi connectivity index (χ2n) is 1.97. The van der Waals surface area contributed by atoms with E-state index in [1.807, 2.05) is 6.92 Å². The molecule has 1 radical (unpaired) electrons. The van der Waals surface area contributed by atoms with Gasteiger partial charge in [0.05, 0.1) is 12.1 Å². The summed E-state index contributed by atoms with van der Waals surface area (Å²) in [6.45, 7) is 1.85. The molecule has 55 valence electrons. The third kappa shape index (κ3) is 5.34. The Morgan fingerprint density at radius 1 is 1.40 bits per heavy atom. The summed E-state index contributed by atoms with van der Waals surface area (Å²) in [5.41, 5.74) is -0.0788. The van der Waals surface area contributed by atoms with E-state index in [2.05, 4.69) is 0 Å². The van der Waals surface area contributed by atoms with Crippen molar-refractivity contribution < 1.29 is 14.7 Å². The van der Waals surface area contributed by atoms with Gasteiger partial charge in [-0.15, -0.1) is 0 Å². The van der Waals surface area contributed by atoms with Crippen molar-refractivity contribution in [3.05, 3.63) is 0 Å². The number of carboxylic acids is 1. The van der Waals surface area contributed by atoms with E-state index in [-0.39, 0.29) is 18.5 Å². The third-order valence-corrected chi connectivity index (χ3v) is 1.02. The average Bonchev–Trinajstić information content (AvgIpc) is 1.85. The van der Waals surface area contributed by atoms with Crippen molar-refractivity contribution >= 4 is 18.9 Å². The Morgan fingerprint density at radius 3 is 2.40 bits per heavy atom. The maximum atomic E-state index is 10.6. The highest BCUT2D eigenvalue weighted by atomic mass is 16.4. The molecular weight excluding hydrogens is 131 g/mol. The number of carboxylic acid groups (broad SMARTS) is 1.